The molecule has 3 atom stereocenters. The van der Waals surface area contributed by atoms with E-state index in [0.29, 0.717) is 30.1 Å². The summed E-state index contributed by atoms with van der Waals surface area (Å²) in [5.41, 5.74) is 2.38. The SMILES string of the molecule is CN1CC(c2ccc(Cl)cc2)C2(SC3=NCN(c4ccccc4)CN3C2=O)C12C(=O)Nc1ccccc12. The van der Waals surface area contributed by atoms with Crippen molar-refractivity contribution in [1.82, 2.24) is 9.80 Å². The molecule has 3 aromatic carbocycles. The standard InChI is InChI=1S/C28H24ClN5O2S/c1-32-15-22(18-11-13-19(29)14-12-18)28(27(32)21-9-5-6-10-23(21)31-24(27)35)25(36)34-17-33(16-30-26(34)37-28)20-7-3-2-4-8-20/h2-14,22H,15-17H2,1H3,(H,31,35). The Morgan fingerprint density at radius 1 is 1.00 bits per heavy atom. The van der Waals surface area contributed by atoms with Gasteiger partial charge in [0.05, 0.1) is 0 Å². The summed E-state index contributed by atoms with van der Waals surface area (Å²) in [7, 11) is 1.95. The summed E-state index contributed by atoms with van der Waals surface area (Å²) >= 11 is 7.68. The molecule has 37 heavy (non-hydrogen) atoms. The van der Waals surface area contributed by atoms with Gasteiger partial charge in [-0.15, -0.1) is 0 Å². The van der Waals surface area contributed by atoms with Crippen LogP contribution in [0.1, 0.15) is 17.0 Å². The third kappa shape index (κ3) is 2.92. The van der Waals surface area contributed by atoms with E-state index < -0.39 is 10.3 Å². The molecule has 7 nitrogen and oxygen atoms in total. The van der Waals surface area contributed by atoms with Crippen LogP contribution >= 0.6 is 23.4 Å². The highest BCUT2D eigenvalue weighted by atomic mass is 35.5. The Labute approximate surface area is 224 Å². The first-order valence-electron chi connectivity index (χ1n) is 12.2. The first-order chi connectivity index (χ1) is 18.0. The number of anilines is 2. The third-order valence-corrected chi connectivity index (χ3v) is 9.94. The number of amidine groups is 1. The average Bonchev–Trinajstić information content (AvgIpc) is 3.49. The van der Waals surface area contributed by atoms with Gasteiger partial charge in [-0.1, -0.05) is 71.9 Å². The van der Waals surface area contributed by atoms with Crippen molar-refractivity contribution in [2.45, 2.75) is 16.2 Å². The van der Waals surface area contributed by atoms with Gasteiger partial charge in [0, 0.05) is 34.4 Å². The van der Waals surface area contributed by atoms with Gasteiger partial charge in [0.1, 0.15) is 18.1 Å². The van der Waals surface area contributed by atoms with Crippen LogP contribution in [0.3, 0.4) is 0 Å². The predicted molar refractivity (Wildman–Crippen MR) is 147 cm³/mol. The zero-order chi connectivity index (χ0) is 25.4. The van der Waals surface area contributed by atoms with Gasteiger partial charge in [-0.05, 0) is 42.9 Å². The fourth-order valence-electron chi connectivity index (χ4n) is 6.49. The Morgan fingerprint density at radius 3 is 2.51 bits per heavy atom. The van der Waals surface area contributed by atoms with Crippen molar-refractivity contribution >= 4 is 51.7 Å². The fourth-order valence-corrected chi connectivity index (χ4v) is 8.33. The van der Waals surface area contributed by atoms with Gasteiger partial charge in [0.25, 0.3) is 5.91 Å². The lowest BCUT2D eigenvalue weighted by molar-refractivity contribution is -0.138. The maximum atomic E-state index is 14.8. The summed E-state index contributed by atoms with van der Waals surface area (Å²) in [4.78, 5) is 39.7. The Hall–Kier alpha value is -3.33. The van der Waals surface area contributed by atoms with Crippen LogP contribution in [0.4, 0.5) is 11.4 Å². The molecule has 0 aliphatic carbocycles. The van der Waals surface area contributed by atoms with Crippen LogP contribution in [0.2, 0.25) is 5.02 Å². The Balaban J connectivity index is 1.41. The number of carbonyl (C=O) groups excluding carboxylic acids is 2. The minimum atomic E-state index is -1.19. The largest absolute Gasteiger partial charge is 0.334 e. The summed E-state index contributed by atoms with van der Waals surface area (Å²) in [6.45, 7) is 1.36. The van der Waals surface area contributed by atoms with E-state index in [1.807, 2.05) is 85.9 Å². The van der Waals surface area contributed by atoms with E-state index in [-0.39, 0.29) is 17.7 Å². The Morgan fingerprint density at radius 2 is 1.73 bits per heavy atom. The predicted octanol–water partition coefficient (Wildman–Crippen LogP) is 4.32. The number of likely N-dealkylation sites (tertiary alicyclic amines) is 1. The molecule has 2 fully saturated rings. The summed E-state index contributed by atoms with van der Waals surface area (Å²) in [5, 5.41) is 4.40. The number of aliphatic imine (C=N–C) groups is 1. The minimum absolute atomic E-state index is 0.0898. The van der Waals surface area contributed by atoms with Crippen molar-refractivity contribution in [3.05, 3.63) is 95.0 Å². The minimum Gasteiger partial charge on any atom is -0.334 e. The lowest BCUT2D eigenvalue weighted by atomic mass is 9.72. The number of hydrogen-bond acceptors (Lipinski definition) is 6. The molecule has 0 radical (unpaired) electrons. The Kier molecular flexibility index (Phi) is 4.99. The first kappa shape index (κ1) is 22.8. The van der Waals surface area contributed by atoms with Gasteiger partial charge < -0.3 is 10.2 Å². The second kappa shape index (κ2) is 8.08. The number of halogens is 1. The molecular formula is C28H24ClN5O2S. The zero-order valence-corrected chi connectivity index (χ0v) is 21.7. The number of hydrogen-bond donors (Lipinski definition) is 1. The second-order valence-corrected chi connectivity index (χ2v) is 11.5. The molecule has 3 unspecified atom stereocenters. The summed E-state index contributed by atoms with van der Waals surface area (Å²) in [6, 6.07) is 25.3. The molecule has 1 N–H and O–H groups in total. The second-order valence-electron chi connectivity index (χ2n) is 9.86. The van der Waals surface area contributed by atoms with Gasteiger partial charge in [-0.25, -0.2) is 4.99 Å². The van der Waals surface area contributed by atoms with Crippen LogP contribution < -0.4 is 10.2 Å². The Bertz CT molecular complexity index is 1460. The molecule has 3 aromatic rings. The van der Waals surface area contributed by atoms with E-state index in [2.05, 4.69) is 15.1 Å². The quantitative estimate of drug-likeness (QED) is 0.535. The van der Waals surface area contributed by atoms with Gasteiger partial charge >= 0.3 is 0 Å². The number of benzene rings is 3. The van der Waals surface area contributed by atoms with E-state index in [0.717, 1.165) is 22.5 Å². The smallest absolute Gasteiger partial charge is 0.251 e. The zero-order valence-electron chi connectivity index (χ0n) is 20.1. The number of fused-ring (bicyclic) bond motifs is 4. The molecule has 4 aliphatic heterocycles. The summed E-state index contributed by atoms with van der Waals surface area (Å²) in [6.07, 6.45) is 0. The highest BCUT2D eigenvalue weighted by Gasteiger charge is 2.78. The molecule has 2 amide bonds. The van der Waals surface area contributed by atoms with Crippen LogP contribution in [-0.2, 0) is 15.1 Å². The van der Waals surface area contributed by atoms with Crippen LogP contribution in [0.15, 0.2) is 83.9 Å². The van der Waals surface area contributed by atoms with Crippen molar-refractivity contribution < 1.29 is 9.59 Å². The van der Waals surface area contributed by atoms with E-state index in [4.69, 9.17) is 16.6 Å². The maximum Gasteiger partial charge on any atom is 0.251 e. The van der Waals surface area contributed by atoms with Gasteiger partial charge in [-0.2, -0.15) is 0 Å². The molecule has 2 spiro atoms. The first-order valence-corrected chi connectivity index (χ1v) is 13.4. The number of nitrogens with one attached hydrogen (secondary N) is 1. The number of amides is 2. The number of para-hydroxylation sites is 2. The lowest BCUT2D eigenvalue weighted by Crippen LogP contribution is -2.62. The number of likely N-dealkylation sites (N-methyl/N-ethyl adjacent to an activating group) is 1. The number of carbonyl (C=O) groups is 2. The number of thioether (sulfide) groups is 1. The molecule has 0 saturated carbocycles. The monoisotopic (exact) mass is 529 g/mol. The molecule has 0 bridgehead atoms. The van der Waals surface area contributed by atoms with Gasteiger partial charge in [-0.3, -0.25) is 19.4 Å². The third-order valence-electron chi connectivity index (χ3n) is 8.08. The summed E-state index contributed by atoms with van der Waals surface area (Å²) in [5.74, 6) is -0.524. The van der Waals surface area contributed by atoms with Crippen LogP contribution in [0.25, 0.3) is 0 Å². The molecule has 0 aromatic heterocycles. The number of rotatable bonds is 2. The number of nitrogens with zero attached hydrogens (tertiary/aromatic N) is 4. The molecule has 9 heteroatoms. The maximum absolute atomic E-state index is 14.8. The van der Waals surface area contributed by atoms with E-state index in [1.54, 1.807) is 4.90 Å². The average molecular weight is 530 g/mol. The highest BCUT2D eigenvalue weighted by Crippen LogP contribution is 2.66. The van der Waals surface area contributed by atoms with E-state index in [1.165, 1.54) is 11.8 Å². The topological polar surface area (TPSA) is 68.2 Å². The van der Waals surface area contributed by atoms with Crippen molar-refractivity contribution in [3.8, 4) is 0 Å². The molecule has 7 rings (SSSR count). The van der Waals surface area contributed by atoms with Crippen molar-refractivity contribution in [1.29, 1.82) is 0 Å². The lowest BCUT2D eigenvalue weighted by Gasteiger charge is -2.41. The van der Waals surface area contributed by atoms with Crippen molar-refractivity contribution in [2.24, 2.45) is 4.99 Å². The van der Waals surface area contributed by atoms with E-state index >= 15 is 0 Å². The molecule has 4 aliphatic rings. The van der Waals surface area contributed by atoms with Crippen molar-refractivity contribution in [3.63, 3.8) is 0 Å². The fraction of sp³-hybridized carbons (Fsp3) is 0.250. The normalized spacial score (nSPS) is 28.6. The van der Waals surface area contributed by atoms with Gasteiger partial charge in [0.2, 0.25) is 5.91 Å². The molecular weight excluding hydrogens is 506 g/mol. The van der Waals surface area contributed by atoms with Crippen LogP contribution in [-0.4, -0.2) is 58.5 Å². The van der Waals surface area contributed by atoms with Crippen LogP contribution in [0, 0.1) is 0 Å². The highest BCUT2D eigenvalue weighted by molar-refractivity contribution is 8.16. The molecule has 186 valence electrons. The van der Waals surface area contributed by atoms with Gasteiger partial charge in [0.15, 0.2) is 10.7 Å². The molecule has 2 saturated heterocycles. The van der Waals surface area contributed by atoms with Crippen molar-refractivity contribution in [2.75, 3.05) is 37.1 Å². The van der Waals surface area contributed by atoms with E-state index in [9.17, 15) is 9.59 Å². The summed E-state index contributed by atoms with van der Waals surface area (Å²) < 4.78 is -1.14. The molecule has 4 heterocycles. The van der Waals surface area contributed by atoms with Crippen LogP contribution in [0.5, 0.6) is 0 Å².